The molecule has 112 valence electrons. The van der Waals surface area contributed by atoms with E-state index in [0.717, 1.165) is 16.6 Å². The number of hydrazine groups is 1. The van der Waals surface area contributed by atoms with Crippen molar-refractivity contribution in [3.63, 3.8) is 0 Å². The minimum absolute atomic E-state index is 0.0806. The molecule has 0 amide bonds. The molecule has 3 N–H and O–H groups in total. The van der Waals surface area contributed by atoms with Crippen LogP contribution in [0.25, 0.3) is 0 Å². The number of hydrogen-bond donors (Lipinski definition) is 2. The maximum absolute atomic E-state index is 5.78. The molecule has 1 unspecified atom stereocenters. The predicted octanol–water partition coefficient (Wildman–Crippen LogP) is 4.12. The van der Waals surface area contributed by atoms with Crippen molar-refractivity contribution in [1.82, 2.24) is 5.43 Å². The van der Waals surface area contributed by atoms with Gasteiger partial charge in [-0.15, -0.1) is 0 Å². The molecule has 3 nitrogen and oxygen atoms in total. The standard InChI is InChI=1S/C16H18BrIN2O/c1-10-4-3-5-12(16(10)18)14(20-19)9-11-6-7-15(21-2)13(17)8-11/h3-8,14,20H,9,19H2,1-2H3. The van der Waals surface area contributed by atoms with Crippen molar-refractivity contribution < 1.29 is 4.74 Å². The molecule has 0 fully saturated rings. The Morgan fingerprint density at radius 1 is 1.33 bits per heavy atom. The quantitative estimate of drug-likeness (QED) is 0.401. The number of halogens is 2. The summed E-state index contributed by atoms with van der Waals surface area (Å²) in [5.41, 5.74) is 6.62. The fraction of sp³-hybridized carbons (Fsp3) is 0.250. The molecule has 0 aliphatic carbocycles. The molecule has 0 aliphatic rings. The van der Waals surface area contributed by atoms with E-state index in [1.54, 1.807) is 7.11 Å². The number of aryl methyl sites for hydroxylation is 1. The van der Waals surface area contributed by atoms with Crippen molar-refractivity contribution in [1.29, 1.82) is 0 Å². The molecule has 1 atom stereocenters. The van der Waals surface area contributed by atoms with Crippen LogP contribution in [0.2, 0.25) is 0 Å². The van der Waals surface area contributed by atoms with Gasteiger partial charge in [0.15, 0.2) is 0 Å². The van der Waals surface area contributed by atoms with Gasteiger partial charge in [0.05, 0.1) is 17.6 Å². The van der Waals surface area contributed by atoms with Gasteiger partial charge in [-0.1, -0.05) is 24.3 Å². The first-order chi connectivity index (χ1) is 10.1. The Bertz CT molecular complexity index is 634. The van der Waals surface area contributed by atoms with E-state index in [4.69, 9.17) is 10.6 Å². The van der Waals surface area contributed by atoms with Crippen LogP contribution in [0.5, 0.6) is 5.75 Å². The van der Waals surface area contributed by atoms with Crippen LogP contribution in [-0.2, 0) is 6.42 Å². The predicted molar refractivity (Wildman–Crippen MR) is 98.4 cm³/mol. The molecule has 0 saturated heterocycles. The molecule has 2 aromatic carbocycles. The molecule has 5 heteroatoms. The Labute approximate surface area is 147 Å². The second-order valence-corrected chi connectivity index (χ2v) is 6.80. The molecule has 21 heavy (non-hydrogen) atoms. The van der Waals surface area contributed by atoms with Crippen molar-refractivity contribution in [2.75, 3.05) is 7.11 Å². The fourth-order valence-electron chi connectivity index (χ4n) is 2.27. The van der Waals surface area contributed by atoms with Crippen molar-refractivity contribution in [3.05, 3.63) is 61.1 Å². The SMILES string of the molecule is COc1ccc(CC(NN)c2cccc(C)c2I)cc1Br. The van der Waals surface area contributed by atoms with E-state index in [-0.39, 0.29) is 6.04 Å². The summed E-state index contributed by atoms with van der Waals surface area (Å²) < 4.78 is 7.47. The van der Waals surface area contributed by atoms with Gasteiger partial charge in [-0.3, -0.25) is 11.3 Å². The molecule has 0 saturated carbocycles. The third-order valence-electron chi connectivity index (χ3n) is 3.45. The lowest BCUT2D eigenvalue weighted by Gasteiger charge is -2.19. The highest BCUT2D eigenvalue weighted by Gasteiger charge is 2.15. The van der Waals surface area contributed by atoms with E-state index in [9.17, 15) is 0 Å². The fourth-order valence-corrected chi connectivity index (χ4v) is 3.59. The highest BCUT2D eigenvalue weighted by Crippen LogP contribution is 2.29. The number of nitrogens with two attached hydrogens (primary N) is 1. The third-order valence-corrected chi connectivity index (χ3v) is 5.55. The number of benzene rings is 2. The van der Waals surface area contributed by atoms with Crippen LogP contribution in [0, 0.1) is 10.5 Å². The van der Waals surface area contributed by atoms with Crippen LogP contribution in [0.1, 0.15) is 22.7 Å². The van der Waals surface area contributed by atoms with Gasteiger partial charge in [0.1, 0.15) is 5.75 Å². The summed E-state index contributed by atoms with van der Waals surface area (Å²) in [5.74, 6) is 6.61. The van der Waals surface area contributed by atoms with Crippen molar-refractivity contribution in [2.24, 2.45) is 5.84 Å². The lowest BCUT2D eigenvalue weighted by atomic mass is 9.98. The highest BCUT2D eigenvalue weighted by atomic mass is 127. The summed E-state index contributed by atoms with van der Waals surface area (Å²) in [6.07, 6.45) is 0.818. The summed E-state index contributed by atoms with van der Waals surface area (Å²) in [4.78, 5) is 0. The smallest absolute Gasteiger partial charge is 0.133 e. The zero-order valence-corrected chi connectivity index (χ0v) is 15.7. The molecule has 0 radical (unpaired) electrons. The molecular weight excluding hydrogens is 443 g/mol. The summed E-state index contributed by atoms with van der Waals surface area (Å²) in [5, 5.41) is 0. The Morgan fingerprint density at radius 3 is 2.71 bits per heavy atom. The van der Waals surface area contributed by atoms with E-state index < -0.39 is 0 Å². The molecule has 2 aromatic rings. The average Bonchev–Trinajstić information content (AvgIpc) is 2.48. The van der Waals surface area contributed by atoms with Crippen molar-refractivity contribution in [3.8, 4) is 5.75 Å². The Kier molecular flexibility index (Phi) is 6.04. The van der Waals surface area contributed by atoms with Gasteiger partial charge in [0, 0.05) is 3.57 Å². The van der Waals surface area contributed by atoms with Crippen LogP contribution in [-0.4, -0.2) is 7.11 Å². The van der Waals surface area contributed by atoms with Crippen LogP contribution in [0.3, 0.4) is 0 Å². The topological polar surface area (TPSA) is 47.3 Å². The molecule has 0 aromatic heterocycles. The van der Waals surface area contributed by atoms with E-state index in [2.05, 4.69) is 81.2 Å². The zero-order chi connectivity index (χ0) is 15.4. The van der Waals surface area contributed by atoms with Gasteiger partial charge < -0.3 is 4.74 Å². The minimum atomic E-state index is 0.0806. The Hall–Kier alpha value is -0.630. The first-order valence-electron chi connectivity index (χ1n) is 6.60. The Morgan fingerprint density at radius 2 is 2.10 bits per heavy atom. The number of methoxy groups -OCH3 is 1. The average molecular weight is 461 g/mol. The number of rotatable bonds is 5. The summed E-state index contributed by atoms with van der Waals surface area (Å²) >= 11 is 5.90. The van der Waals surface area contributed by atoms with E-state index in [1.165, 1.54) is 20.3 Å². The van der Waals surface area contributed by atoms with Gasteiger partial charge >= 0.3 is 0 Å². The number of hydrogen-bond acceptors (Lipinski definition) is 3. The maximum atomic E-state index is 5.78. The maximum Gasteiger partial charge on any atom is 0.133 e. The lowest BCUT2D eigenvalue weighted by Crippen LogP contribution is -2.30. The van der Waals surface area contributed by atoms with Gasteiger partial charge in [-0.05, 0) is 80.7 Å². The molecule has 2 rings (SSSR count). The summed E-state index contributed by atoms with van der Waals surface area (Å²) in [7, 11) is 1.67. The highest BCUT2D eigenvalue weighted by molar-refractivity contribution is 14.1. The number of nitrogens with one attached hydrogen (secondary N) is 1. The van der Waals surface area contributed by atoms with Crippen LogP contribution in [0.15, 0.2) is 40.9 Å². The Balaban J connectivity index is 2.27. The molecular formula is C16H18BrIN2O. The van der Waals surface area contributed by atoms with E-state index >= 15 is 0 Å². The largest absolute Gasteiger partial charge is 0.496 e. The zero-order valence-electron chi connectivity index (χ0n) is 12.0. The molecule has 0 spiro atoms. The van der Waals surface area contributed by atoms with E-state index in [0.29, 0.717) is 0 Å². The van der Waals surface area contributed by atoms with Crippen LogP contribution in [0.4, 0.5) is 0 Å². The third kappa shape index (κ3) is 3.97. The molecule has 0 heterocycles. The second-order valence-electron chi connectivity index (χ2n) is 4.87. The van der Waals surface area contributed by atoms with Crippen molar-refractivity contribution in [2.45, 2.75) is 19.4 Å². The first kappa shape index (κ1) is 16.7. The van der Waals surface area contributed by atoms with Gasteiger partial charge in [0.2, 0.25) is 0 Å². The van der Waals surface area contributed by atoms with Gasteiger partial charge in [-0.2, -0.15) is 0 Å². The normalized spacial score (nSPS) is 12.2. The van der Waals surface area contributed by atoms with Gasteiger partial charge in [-0.25, -0.2) is 0 Å². The van der Waals surface area contributed by atoms with Crippen molar-refractivity contribution >= 4 is 38.5 Å². The van der Waals surface area contributed by atoms with Crippen LogP contribution < -0.4 is 16.0 Å². The first-order valence-corrected chi connectivity index (χ1v) is 8.47. The minimum Gasteiger partial charge on any atom is -0.496 e. The number of ether oxygens (including phenoxy) is 1. The second kappa shape index (κ2) is 7.58. The van der Waals surface area contributed by atoms with Crippen LogP contribution >= 0.6 is 38.5 Å². The van der Waals surface area contributed by atoms with E-state index in [1.807, 2.05) is 6.07 Å². The monoisotopic (exact) mass is 460 g/mol. The summed E-state index contributed by atoms with van der Waals surface area (Å²) in [6.45, 7) is 2.11. The summed E-state index contributed by atoms with van der Waals surface area (Å²) in [6, 6.07) is 12.5. The lowest BCUT2D eigenvalue weighted by molar-refractivity contribution is 0.412. The molecule has 0 aliphatic heterocycles. The molecule has 0 bridgehead atoms. The van der Waals surface area contributed by atoms with Gasteiger partial charge in [0.25, 0.3) is 0 Å².